The third kappa shape index (κ3) is 6.07. The first-order valence-electron chi connectivity index (χ1n) is 9.76. The van der Waals surface area contributed by atoms with Crippen LogP contribution in [0.5, 0.6) is 0 Å². The molecule has 0 spiro atoms. The van der Waals surface area contributed by atoms with E-state index >= 15 is 0 Å². The van der Waals surface area contributed by atoms with Crippen molar-refractivity contribution in [2.24, 2.45) is 0 Å². The molecule has 0 radical (unpaired) electrons. The highest BCUT2D eigenvalue weighted by atomic mass is 19.4. The molecule has 1 heterocycles. The Morgan fingerprint density at radius 1 is 0.938 bits per heavy atom. The Bertz CT molecular complexity index is 1120. The molecule has 2 amide bonds. The van der Waals surface area contributed by atoms with Crippen LogP contribution in [0.3, 0.4) is 0 Å². The van der Waals surface area contributed by atoms with E-state index in [1.54, 1.807) is 12.1 Å². The van der Waals surface area contributed by atoms with E-state index in [4.69, 9.17) is 0 Å². The Kier molecular flexibility index (Phi) is 7.09. The van der Waals surface area contributed by atoms with Gasteiger partial charge in [-0.25, -0.2) is 0 Å². The molecule has 3 aromatic rings. The average Bonchev–Trinajstić information content (AvgIpc) is 2.78. The summed E-state index contributed by atoms with van der Waals surface area (Å²) < 4.78 is 38.5. The van der Waals surface area contributed by atoms with Gasteiger partial charge in [-0.2, -0.15) is 13.2 Å². The minimum absolute atomic E-state index is 0.0418. The Labute approximate surface area is 182 Å². The number of halogens is 3. The number of rotatable bonds is 7. The molecule has 0 fully saturated rings. The van der Waals surface area contributed by atoms with Crippen LogP contribution in [0, 0.1) is 0 Å². The van der Waals surface area contributed by atoms with Gasteiger partial charge >= 0.3 is 6.18 Å². The van der Waals surface area contributed by atoms with Crippen molar-refractivity contribution in [1.82, 2.24) is 15.6 Å². The number of carbonyl (C=O) groups is 2. The minimum Gasteiger partial charge on any atom is -0.355 e. The maximum absolute atomic E-state index is 12.8. The van der Waals surface area contributed by atoms with E-state index < -0.39 is 17.6 Å². The van der Waals surface area contributed by atoms with E-state index in [-0.39, 0.29) is 23.7 Å². The van der Waals surface area contributed by atoms with Crippen molar-refractivity contribution in [1.29, 1.82) is 0 Å². The lowest BCUT2D eigenvalue weighted by Gasteiger charge is -2.11. The molecule has 32 heavy (non-hydrogen) atoms. The number of amides is 2. The number of alkyl halides is 3. The summed E-state index contributed by atoms with van der Waals surface area (Å²) in [5.41, 5.74) is 1.76. The van der Waals surface area contributed by atoms with Crippen molar-refractivity contribution in [2.45, 2.75) is 12.6 Å². The van der Waals surface area contributed by atoms with Crippen molar-refractivity contribution in [3.05, 3.63) is 89.2 Å². The fourth-order valence-electron chi connectivity index (χ4n) is 2.99. The Hall–Kier alpha value is -3.88. The molecule has 0 aliphatic heterocycles. The second-order valence-electron chi connectivity index (χ2n) is 6.92. The van der Waals surface area contributed by atoms with Gasteiger partial charge in [0, 0.05) is 36.7 Å². The Morgan fingerprint density at radius 2 is 1.69 bits per heavy atom. The maximum Gasteiger partial charge on any atom is 0.416 e. The number of nitrogens with zero attached hydrogens (tertiary/aromatic N) is 1. The second kappa shape index (κ2) is 9.95. The van der Waals surface area contributed by atoms with Crippen molar-refractivity contribution in [3.63, 3.8) is 0 Å². The van der Waals surface area contributed by atoms with Gasteiger partial charge in [0.2, 0.25) is 0 Å². The maximum atomic E-state index is 12.8. The van der Waals surface area contributed by atoms with Gasteiger partial charge in [-0.1, -0.05) is 18.2 Å². The zero-order valence-corrected chi connectivity index (χ0v) is 17.2. The summed E-state index contributed by atoms with van der Waals surface area (Å²) in [7, 11) is 1.53. The van der Waals surface area contributed by atoms with Crippen LogP contribution in [-0.2, 0) is 12.6 Å². The van der Waals surface area contributed by atoms with Gasteiger partial charge in [-0.05, 0) is 54.4 Å². The molecule has 9 heteroatoms. The third-order valence-corrected chi connectivity index (χ3v) is 4.59. The number of benzene rings is 2. The number of hydrogen-bond donors (Lipinski definition) is 3. The standard InChI is InChI=1S/C23H21F3N4O2/c1-27-22(32)20-14-19(9-11-28-20)30-18-7-2-4-15(12-18)8-10-29-21(31)16-5-3-6-17(13-16)23(24,25)26/h2-7,9,11-14H,8,10H2,1H3,(H,27,32)(H,28,30)(H,29,31). The van der Waals surface area contributed by atoms with E-state index in [0.717, 1.165) is 23.4 Å². The highest BCUT2D eigenvalue weighted by molar-refractivity contribution is 5.94. The zero-order chi connectivity index (χ0) is 23.1. The predicted molar refractivity (Wildman–Crippen MR) is 115 cm³/mol. The lowest BCUT2D eigenvalue weighted by atomic mass is 10.1. The normalized spacial score (nSPS) is 11.0. The SMILES string of the molecule is CNC(=O)c1cc(Nc2cccc(CCNC(=O)c3cccc(C(F)(F)F)c3)c2)ccn1. The first-order valence-corrected chi connectivity index (χ1v) is 9.76. The summed E-state index contributed by atoms with van der Waals surface area (Å²) >= 11 is 0. The minimum atomic E-state index is -4.50. The van der Waals surface area contributed by atoms with Crippen molar-refractivity contribution >= 4 is 23.2 Å². The van der Waals surface area contributed by atoms with E-state index in [1.165, 1.54) is 25.4 Å². The molecule has 166 valence electrons. The molecule has 0 aliphatic rings. The van der Waals surface area contributed by atoms with Gasteiger partial charge in [-0.15, -0.1) is 0 Å². The number of anilines is 2. The van der Waals surface area contributed by atoms with Gasteiger partial charge in [-0.3, -0.25) is 14.6 Å². The van der Waals surface area contributed by atoms with Crippen LogP contribution in [0.4, 0.5) is 24.5 Å². The summed E-state index contributed by atoms with van der Waals surface area (Å²) in [5.74, 6) is -0.859. The lowest BCUT2D eigenvalue weighted by molar-refractivity contribution is -0.137. The molecule has 3 rings (SSSR count). The molecule has 6 nitrogen and oxygen atoms in total. The van der Waals surface area contributed by atoms with Crippen molar-refractivity contribution < 1.29 is 22.8 Å². The summed E-state index contributed by atoms with van der Waals surface area (Å²) in [4.78, 5) is 27.9. The van der Waals surface area contributed by atoms with Gasteiger partial charge in [0.25, 0.3) is 11.8 Å². The number of aromatic nitrogens is 1. The van der Waals surface area contributed by atoms with Crippen molar-refractivity contribution in [2.75, 3.05) is 18.9 Å². The van der Waals surface area contributed by atoms with Crippen LogP contribution >= 0.6 is 0 Å². The quantitative estimate of drug-likeness (QED) is 0.513. The average molecular weight is 442 g/mol. The first-order chi connectivity index (χ1) is 15.3. The van der Waals surface area contributed by atoms with Gasteiger partial charge in [0.05, 0.1) is 5.56 Å². The molecule has 0 atom stereocenters. The van der Waals surface area contributed by atoms with Gasteiger partial charge in [0.1, 0.15) is 5.69 Å². The number of carbonyl (C=O) groups excluding carboxylic acids is 2. The Morgan fingerprint density at radius 3 is 2.44 bits per heavy atom. The summed E-state index contributed by atoms with van der Waals surface area (Å²) in [6.07, 6.45) is -2.49. The molecule has 0 saturated heterocycles. The second-order valence-corrected chi connectivity index (χ2v) is 6.92. The summed E-state index contributed by atoms with van der Waals surface area (Å²) in [6.45, 7) is 0.259. The van der Waals surface area contributed by atoms with Crippen LogP contribution in [-0.4, -0.2) is 30.4 Å². The van der Waals surface area contributed by atoms with Gasteiger partial charge < -0.3 is 16.0 Å². The van der Waals surface area contributed by atoms with Crippen LogP contribution in [0.2, 0.25) is 0 Å². The predicted octanol–water partition coefficient (Wildman–Crippen LogP) is 4.18. The van der Waals surface area contributed by atoms with E-state index in [1.807, 2.05) is 24.3 Å². The number of hydrogen-bond acceptors (Lipinski definition) is 4. The number of pyridine rings is 1. The summed E-state index contributed by atoms with van der Waals surface area (Å²) in [5, 5.41) is 8.35. The van der Waals surface area contributed by atoms with Crippen LogP contribution in [0.25, 0.3) is 0 Å². The first kappa shape index (κ1) is 22.8. The Balaban J connectivity index is 1.59. The van der Waals surface area contributed by atoms with E-state index in [2.05, 4.69) is 20.9 Å². The molecule has 0 aliphatic carbocycles. The zero-order valence-electron chi connectivity index (χ0n) is 17.2. The van der Waals surface area contributed by atoms with Gasteiger partial charge in [0.15, 0.2) is 0 Å². The van der Waals surface area contributed by atoms with Crippen LogP contribution in [0.15, 0.2) is 66.9 Å². The topological polar surface area (TPSA) is 83.1 Å². The third-order valence-electron chi connectivity index (χ3n) is 4.59. The highest BCUT2D eigenvalue weighted by Crippen LogP contribution is 2.29. The highest BCUT2D eigenvalue weighted by Gasteiger charge is 2.30. The molecule has 0 unspecified atom stereocenters. The smallest absolute Gasteiger partial charge is 0.355 e. The lowest BCUT2D eigenvalue weighted by Crippen LogP contribution is -2.26. The monoisotopic (exact) mass is 442 g/mol. The van der Waals surface area contributed by atoms with Crippen LogP contribution in [0.1, 0.15) is 32.0 Å². The fourth-order valence-corrected chi connectivity index (χ4v) is 2.99. The molecule has 2 aromatic carbocycles. The summed E-state index contributed by atoms with van der Waals surface area (Å²) in [6, 6.07) is 15.1. The molecule has 0 bridgehead atoms. The molecule has 0 saturated carbocycles. The largest absolute Gasteiger partial charge is 0.416 e. The molecule has 3 N–H and O–H groups in total. The van der Waals surface area contributed by atoms with E-state index in [0.29, 0.717) is 12.1 Å². The fraction of sp³-hybridized carbons (Fsp3) is 0.174. The molecular weight excluding hydrogens is 421 g/mol. The number of nitrogens with one attached hydrogen (secondary N) is 3. The van der Waals surface area contributed by atoms with Crippen molar-refractivity contribution in [3.8, 4) is 0 Å². The molecule has 1 aromatic heterocycles. The van der Waals surface area contributed by atoms with E-state index in [9.17, 15) is 22.8 Å². The molecular formula is C23H21F3N4O2. The van der Waals surface area contributed by atoms with Crippen LogP contribution < -0.4 is 16.0 Å².